The quantitative estimate of drug-likeness (QED) is 0.649. The molecule has 1 aromatic heterocycles. The van der Waals surface area contributed by atoms with Crippen molar-refractivity contribution in [3.8, 4) is 11.8 Å². The van der Waals surface area contributed by atoms with E-state index in [1.54, 1.807) is 43.4 Å². The lowest BCUT2D eigenvalue weighted by Gasteiger charge is -2.07. The van der Waals surface area contributed by atoms with Gasteiger partial charge in [0.2, 0.25) is 0 Å². The van der Waals surface area contributed by atoms with E-state index in [1.165, 1.54) is 0 Å². The highest BCUT2D eigenvalue weighted by atomic mass is 32.1. The van der Waals surface area contributed by atoms with E-state index in [9.17, 15) is 9.90 Å². The number of aliphatic hydroxyl groups is 1. The summed E-state index contributed by atoms with van der Waals surface area (Å²) in [4.78, 5) is 16.6. The number of hydrogen-bond donors (Lipinski definition) is 2. The Labute approximate surface area is 147 Å². The van der Waals surface area contributed by atoms with Crippen molar-refractivity contribution in [1.29, 1.82) is 0 Å². The van der Waals surface area contributed by atoms with Crippen LogP contribution in [0.1, 0.15) is 46.9 Å². The first-order chi connectivity index (χ1) is 11.3. The molecule has 0 unspecified atom stereocenters. The fourth-order valence-corrected chi connectivity index (χ4v) is 2.84. The minimum absolute atomic E-state index is 0.114. The molecular weight excluding hydrogens is 320 g/mol. The summed E-state index contributed by atoms with van der Waals surface area (Å²) in [6.45, 7) is 5.84. The molecule has 0 bridgehead atoms. The number of aromatic nitrogens is 1. The van der Waals surface area contributed by atoms with Crippen molar-refractivity contribution in [3.63, 3.8) is 0 Å². The number of carbonyl (C=O) groups is 1. The van der Waals surface area contributed by atoms with Gasteiger partial charge in [0.05, 0.1) is 5.01 Å². The Kier molecular flexibility index (Phi) is 6.13. The van der Waals surface area contributed by atoms with E-state index < -0.39 is 5.60 Å². The van der Waals surface area contributed by atoms with E-state index in [-0.39, 0.29) is 5.91 Å². The monoisotopic (exact) mass is 342 g/mol. The number of carbonyl (C=O) groups excluding carboxylic acids is 1. The van der Waals surface area contributed by atoms with Crippen LogP contribution in [-0.2, 0) is 6.42 Å². The van der Waals surface area contributed by atoms with Gasteiger partial charge in [-0.3, -0.25) is 4.79 Å². The third-order valence-corrected chi connectivity index (χ3v) is 4.18. The van der Waals surface area contributed by atoms with Crippen molar-refractivity contribution in [3.05, 3.63) is 51.5 Å². The van der Waals surface area contributed by atoms with E-state index in [2.05, 4.69) is 22.1 Å². The molecule has 0 saturated carbocycles. The lowest BCUT2D eigenvalue weighted by atomic mass is 10.1. The van der Waals surface area contributed by atoms with Gasteiger partial charge >= 0.3 is 0 Å². The summed E-state index contributed by atoms with van der Waals surface area (Å²) in [6, 6.07) is 7.11. The number of aryl methyl sites for hydroxylation is 2. The Morgan fingerprint density at radius 1 is 1.42 bits per heavy atom. The number of thiazole rings is 1. The van der Waals surface area contributed by atoms with Gasteiger partial charge < -0.3 is 10.4 Å². The molecule has 0 saturated heterocycles. The number of amides is 1. The fourth-order valence-electron chi connectivity index (χ4n) is 2.02. The zero-order valence-corrected chi connectivity index (χ0v) is 15.0. The molecule has 0 spiro atoms. The minimum atomic E-state index is -1.05. The molecule has 24 heavy (non-hydrogen) atoms. The van der Waals surface area contributed by atoms with Crippen LogP contribution in [0.2, 0.25) is 0 Å². The van der Waals surface area contributed by atoms with Gasteiger partial charge in [-0.1, -0.05) is 17.9 Å². The second kappa shape index (κ2) is 8.09. The van der Waals surface area contributed by atoms with Crippen LogP contribution in [0.4, 0.5) is 0 Å². The molecule has 5 heteroatoms. The largest absolute Gasteiger partial charge is 0.378 e. The molecule has 2 N–H and O–H groups in total. The molecule has 0 aliphatic carbocycles. The van der Waals surface area contributed by atoms with Crippen molar-refractivity contribution in [2.75, 3.05) is 6.54 Å². The molecule has 0 aliphatic heterocycles. The summed E-state index contributed by atoms with van der Waals surface area (Å²) in [5.41, 5.74) is 1.28. The average Bonchev–Trinajstić information content (AvgIpc) is 2.94. The lowest BCUT2D eigenvalue weighted by molar-refractivity contribution is 0.0953. The summed E-state index contributed by atoms with van der Waals surface area (Å²) in [6.07, 6.45) is 1.73. The van der Waals surface area contributed by atoms with Gasteiger partial charge in [0.1, 0.15) is 5.60 Å². The molecule has 1 amide bonds. The summed E-state index contributed by atoms with van der Waals surface area (Å²) < 4.78 is 0. The number of nitrogens with one attached hydrogen (secondary N) is 1. The van der Waals surface area contributed by atoms with E-state index in [0.717, 1.165) is 23.5 Å². The second-order valence-corrected chi connectivity index (χ2v) is 7.07. The minimum Gasteiger partial charge on any atom is -0.378 e. The summed E-state index contributed by atoms with van der Waals surface area (Å²) in [5, 5.41) is 15.7. The molecule has 0 radical (unpaired) electrons. The van der Waals surface area contributed by atoms with E-state index in [1.807, 2.05) is 18.4 Å². The third-order valence-electron chi connectivity index (χ3n) is 3.16. The first-order valence-corrected chi connectivity index (χ1v) is 8.76. The molecule has 2 rings (SSSR count). The molecule has 1 heterocycles. The first-order valence-electron chi connectivity index (χ1n) is 7.88. The van der Waals surface area contributed by atoms with Crippen LogP contribution in [0.15, 0.2) is 29.6 Å². The normalized spacial score (nSPS) is 10.8. The van der Waals surface area contributed by atoms with Crippen molar-refractivity contribution in [2.45, 2.75) is 39.2 Å². The third kappa shape index (κ3) is 6.15. The fraction of sp³-hybridized carbons (Fsp3) is 0.368. The van der Waals surface area contributed by atoms with Gasteiger partial charge in [-0.15, -0.1) is 11.3 Å². The number of nitrogens with zero attached hydrogens (tertiary/aromatic N) is 1. The Morgan fingerprint density at radius 2 is 2.21 bits per heavy atom. The van der Waals surface area contributed by atoms with Crippen LogP contribution >= 0.6 is 11.3 Å². The highest BCUT2D eigenvalue weighted by Crippen LogP contribution is 2.10. The average molecular weight is 342 g/mol. The Morgan fingerprint density at radius 3 is 2.88 bits per heavy atom. The smallest absolute Gasteiger partial charge is 0.251 e. The van der Waals surface area contributed by atoms with Crippen molar-refractivity contribution >= 4 is 17.2 Å². The molecular formula is C19H22N2O2S. The molecule has 0 atom stereocenters. The predicted octanol–water partition coefficient (Wildman–Crippen LogP) is 2.94. The SMILES string of the molecule is Cc1csc(CCCNC(=O)c2cccc(C#CC(C)(C)O)c2)n1. The highest BCUT2D eigenvalue weighted by Gasteiger charge is 2.08. The van der Waals surface area contributed by atoms with Gasteiger partial charge in [-0.25, -0.2) is 4.98 Å². The van der Waals surface area contributed by atoms with Crippen LogP contribution in [0, 0.1) is 18.8 Å². The van der Waals surface area contributed by atoms with Crippen LogP contribution in [0.5, 0.6) is 0 Å². The Bertz CT molecular complexity index is 763. The zero-order chi connectivity index (χ0) is 17.6. The molecule has 0 fully saturated rings. The predicted molar refractivity (Wildman–Crippen MR) is 97.1 cm³/mol. The maximum Gasteiger partial charge on any atom is 0.251 e. The topological polar surface area (TPSA) is 62.2 Å². The summed E-state index contributed by atoms with van der Waals surface area (Å²) in [5.74, 6) is 5.52. The lowest BCUT2D eigenvalue weighted by Crippen LogP contribution is -2.24. The second-order valence-electron chi connectivity index (χ2n) is 6.13. The standard InChI is InChI=1S/C19H22N2O2S/c1-14-13-24-17(21-14)8-5-11-20-18(22)16-7-4-6-15(12-16)9-10-19(2,3)23/h4,6-7,12-13,23H,5,8,11H2,1-3H3,(H,20,22). The van der Waals surface area contributed by atoms with Gasteiger partial charge in [0.15, 0.2) is 0 Å². The molecule has 126 valence electrons. The van der Waals surface area contributed by atoms with E-state index in [4.69, 9.17) is 0 Å². The zero-order valence-electron chi connectivity index (χ0n) is 14.2. The molecule has 2 aromatic rings. The van der Waals surface area contributed by atoms with Crippen molar-refractivity contribution < 1.29 is 9.90 Å². The van der Waals surface area contributed by atoms with Crippen LogP contribution in [0.3, 0.4) is 0 Å². The van der Waals surface area contributed by atoms with Gasteiger partial charge in [-0.2, -0.15) is 0 Å². The summed E-state index contributed by atoms with van der Waals surface area (Å²) >= 11 is 1.65. The van der Waals surface area contributed by atoms with Crippen molar-refractivity contribution in [1.82, 2.24) is 10.3 Å². The van der Waals surface area contributed by atoms with Crippen molar-refractivity contribution in [2.24, 2.45) is 0 Å². The molecule has 1 aromatic carbocycles. The van der Waals surface area contributed by atoms with E-state index >= 15 is 0 Å². The van der Waals surface area contributed by atoms with Gasteiger partial charge in [0.25, 0.3) is 5.91 Å². The number of hydrogen-bond acceptors (Lipinski definition) is 4. The van der Waals surface area contributed by atoms with Gasteiger partial charge in [-0.05, 0) is 45.4 Å². The van der Waals surface area contributed by atoms with Gasteiger partial charge in [0, 0.05) is 35.2 Å². The Balaban J connectivity index is 1.86. The van der Waals surface area contributed by atoms with Crippen LogP contribution in [-0.4, -0.2) is 28.1 Å². The first kappa shape index (κ1) is 18.2. The number of rotatable bonds is 5. The highest BCUT2D eigenvalue weighted by molar-refractivity contribution is 7.09. The Hall–Kier alpha value is -2.16. The maximum atomic E-state index is 12.2. The summed E-state index contributed by atoms with van der Waals surface area (Å²) in [7, 11) is 0. The van der Waals surface area contributed by atoms with E-state index in [0.29, 0.717) is 17.7 Å². The molecule has 4 nitrogen and oxygen atoms in total. The van der Waals surface area contributed by atoms with Crippen LogP contribution < -0.4 is 5.32 Å². The molecule has 0 aliphatic rings. The maximum absolute atomic E-state index is 12.2. The van der Waals surface area contributed by atoms with Crippen LogP contribution in [0.25, 0.3) is 0 Å². The number of benzene rings is 1.